The Balaban J connectivity index is 1.75. The number of hydrogen-bond donors (Lipinski definition) is 1. The van der Waals surface area contributed by atoms with Gasteiger partial charge in [-0.2, -0.15) is 4.98 Å². The topological polar surface area (TPSA) is 93.8 Å². The van der Waals surface area contributed by atoms with E-state index < -0.39 is 0 Å². The lowest BCUT2D eigenvalue weighted by Crippen LogP contribution is -2.48. The molecule has 1 N–H and O–H groups in total. The molecule has 150 valence electrons. The highest BCUT2D eigenvalue weighted by atomic mass is 16.5. The number of ether oxygens (including phenoxy) is 2. The van der Waals surface area contributed by atoms with Gasteiger partial charge in [-0.1, -0.05) is 0 Å². The van der Waals surface area contributed by atoms with Gasteiger partial charge in [0.2, 0.25) is 17.5 Å². The molecule has 3 aromatic rings. The van der Waals surface area contributed by atoms with E-state index in [0.717, 1.165) is 0 Å². The fourth-order valence-corrected chi connectivity index (χ4v) is 2.99. The van der Waals surface area contributed by atoms with Crippen LogP contribution in [0.5, 0.6) is 17.4 Å². The van der Waals surface area contributed by atoms with E-state index in [1.54, 1.807) is 54.7 Å². The van der Waals surface area contributed by atoms with Crippen LogP contribution in [-0.4, -0.2) is 47.6 Å². The number of methoxy groups -OCH3 is 1. The second-order valence-electron chi connectivity index (χ2n) is 6.43. The number of piperazine rings is 1. The van der Waals surface area contributed by atoms with Crippen molar-refractivity contribution in [2.75, 3.05) is 31.6 Å². The largest absolute Gasteiger partial charge is 0.497 e. The minimum absolute atomic E-state index is 0.0890. The van der Waals surface area contributed by atoms with Crippen molar-refractivity contribution in [1.29, 1.82) is 0 Å². The van der Waals surface area contributed by atoms with Crippen LogP contribution in [0.25, 0.3) is 16.2 Å². The maximum atomic E-state index is 12.4. The van der Waals surface area contributed by atoms with E-state index in [1.165, 1.54) is 6.20 Å². The fourth-order valence-electron chi connectivity index (χ4n) is 2.99. The Kier molecular flexibility index (Phi) is 5.50. The molecule has 9 heteroatoms. The first kappa shape index (κ1) is 19.3. The molecule has 4 rings (SSSR count). The zero-order valence-corrected chi connectivity index (χ0v) is 16.2. The molecule has 2 aromatic heterocycles. The molecule has 0 radical (unpaired) electrons. The third-order valence-corrected chi connectivity index (χ3v) is 4.50. The first-order chi connectivity index (χ1) is 14.7. The van der Waals surface area contributed by atoms with Crippen molar-refractivity contribution < 1.29 is 14.3 Å². The van der Waals surface area contributed by atoms with Gasteiger partial charge in [-0.25, -0.2) is 9.83 Å². The summed E-state index contributed by atoms with van der Waals surface area (Å²) >= 11 is 0. The monoisotopic (exact) mass is 402 g/mol. The summed E-state index contributed by atoms with van der Waals surface area (Å²) in [7, 11) is 1.59. The summed E-state index contributed by atoms with van der Waals surface area (Å²) in [6, 6.07) is 8.71. The summed E-state index contributed by atoms with van der Waals surface area (Å²) in [4.78, 5) is 30.4. The minimum Gasteiger partial charge on any atom is -0.497 e. The molecule has 1 aliphatic heterocycles. The number of benzene rings is 1. The number of carbonyl (C=O) groups is 1. The van der Waals surface area contributed by atoms with Crippen molar-refractivity contribution in [1.82, 2.24) is 20.3 Å². The van der Waals surface area contributed by atoms with Crippen LogP contribution < -0.4 is 19.7 Å². The molecule has 0 atom stereocenters. The van der Waals surface area contributed by atoms with Crippen LogP contribution in [0.15, 0.2) is 48.9 Å². The highest BCUT2D eigenvalue weighted by molar-refractivity contribution is 5.96. The third-order valence-electron chi connectivity index (χ3n) is 4.50. The number of pyridine rings is 1. The van der Waals surface area contributed by atoms with Gasteiger partial charge in [-0.15, -0.1) is 0 Å². The summed E-state index contributed by atoms with van der Waals surface area (Å²) in [5, 5.41) is 3.04. The molecule has 0 bridgehead atoms. The van der Waals surface area contributed by atoms with Crippen molar-refractivity contribution in [3.05, 3.63) is 60.3 Å². The summed E-state index contributed by atoms with van der Waals surface area (Å²) in [6.45, 7) is 8.55. The molecular formula is C21H18N6O3. The van der Waals surface area contributed by atoms with E-state index >= 15 is 0 Å². The Hall–Kier alpha value is -4.03. The van der Waals surface area contributed by atoms with Crippen molar-refractivity contribution in [3.63, 3.8) is 0 Å². The number of carbonyl (C=O) groups excluding carboxylic acids is 1. The van der Waals surface area contributed by atoms with Gasteiger partial charge in [-0.05, 0) is 30.3 Å². The normalized spacial score (nSPS) is 13.6. The smallest absolute Gasteiger partial charge is 0.247 e. The third kappa shape index (κ3) is 4.04. The summed E-state index contributed by atoms with van der Waals surface area (Å²) in [5.74, 6) is 1.74. The molecule has 1 aromatic carbocycles. The molecule has 1 amide bonds. The van der Waals surface area contributed by atoms with Crippen LogP contribution in [0.1, 0.15) is 0 Å². The molecule has 0 saturated carbocycles. The Morgan fingerprint density at radius 3 is 2.70 bits per heavy atom. The minimum atomic E-state index is -0.0890. The molecule has 1 aliphatic rings. The number of anilines is 1. The maximum absolute atomic E-state index is 12.4. The number of rotatable bonds is 5. The standard InChI is InChI=1S/C21H18N6O3/c1-22-15-9-14(10-24-11-15)20-25-12-18(27-8-7-23-13-19(27)28)21(26-20)30-17-5-3-16(29-2)4-6-17/h3-6,9-12,23H,7-8,13H2,2H3. The Morgan fingerprint density at radius 1 is 1.17 bits per heavy atom. The van der Waals surface area contributed by atoms with E-state index in [9.17, 15) is 4.79 Å². The van der Waals surface area contributed by atoms with Crippen molar-refractivity contribution in [2.24, 2.45) is 0 Å². The van der Waals surface area contributed by atoms with Crippen molar-refractivity contribution >= 4 is 17.3 Å². The quantitative estimate of drug-likeness (QED) is 0.656. The van der Waals surface area contributed by atoms with E-state index in [0.29, 0.717) is 47.4 Å². The van der Waals surface area contributed by atoms with Crippen LogP contribution in [0.2, 0.25) is 0 Å². The van der Waals surface area contributed by atoms with Crippen LogP contribution in [-0.2, 0) is 4.79 Å². The average Bonchev–Trinajstić information content (AvgIpc) is 2.80. The molecule has 0 aliphatic carbocycles. The van der Waals surface area contributed by atoms with E-state index in [1.807, 2.05) is 0 Å². The second kappa shape index (κ2) is 8.55. The number of nitrogens with one attached hydrogen (secondary N) is 1. The highest BCUT2D eigenvalue weighted by Crippen LogP contribution is 2.33. The zero-order valence-electron chi connectivity index (χ0n) is 16.2. The number of nitrogens with zero attached hydrogens (tertiary/aromatic N) is 5. The first-order valence-electron chi connectivity index (χ1n) is 9.21. The van der Waals surface area contributed by atoms with Crippen LogP contribution >= 0.6 is 0 Å². The van der Waals surface area contributed by atoms with Gasteiger partial charge in [0.15, 0.2) is 5.82 Å². The molecule has 1 fully saturated rings. The Morgan fingerprint density at radius 2 is 1.97 bits per heavy atom. The van der Waals surface area contributed by atoms with Crippen molar-refractivity contribution in [3.8, 4) is 28.8 Å². The molecule has 0 spiro atoms. The summed E-state index contributed by atoms with van der Waals surface area (Å²) < 4.78 is 11.2. The summed E-state index contributed by atoms with van der Waals surface area (Å²) in [6.07, 6.45) is 4.62. The van der Waals surface area contributed by atoms with Gasteiger partial charge in [0.05, 0.1) is 26.4 Å². The van der Waals surface area contributed by atoms with Gasteiger partial charge in [0.25, 0.3) is 0 Å². The lowest BCUT2D eigenvalue weighted by atomic mass is 10.2. The lowest BCUT2D eigenvalue weighted by molar-refractivity contribution is -0.118. The molecule has 9 nitrogen and oxygen atoms in total. The van der Waals surface area contributed by atoms with Crippen LogP contribution in [0.4, 0.5) is 11.4 Å². The molecule has 30 heavy (non-hydrogen) atoms. The molecule has 1 saturated heterocycles. The maximum Gasteiger partial charge on any atom is 0.247 e. The van der Waals surface area contributed by atoms with E-state index in [2.05, 4.69) is 25.1 Å². The number of aromatic nitrogens is 3. The van der Waals surface area contributed by atoms with Gasteiger partial charge in [-0.3, -0.25) is 9.78 Å². The van der Waals surface area contributed by atoms with Gasteiger partial charge >= 0.3 is 0 Å². The molecule has 3 heterocycles. The Labute approximate surface area is 173 Å². The first-order valence-corrected chi connectivity index (χ1v) is 9.21. The predicted molar refractivity (Wildman–Crippen MR) is 110 cm³/mol. The van der Waals surface area contributed by atoms with Crippen molar-refractivity contribution in [2.45, 2.75) is 0 Å². The average molecular weight is 402 g/mol. The summed E-state index contributed by atoms with van der Waals surface area (Å²) in [5.41, 5.74) is 1.45. The predicted octanol–water partition coefficient (Wildman–Crippen LogP) is 2.83. The molecule has 0 unspecified atom stereocenters. The SMILES string of the molecule is [C-]#[N+]c1cncc(-c2ncc(N3CCNCC3=O)c(Oc3ccc(OC)cc3)n2)c1. The Bertz CT molecular complexity index is 1110. The fraction of sp³-hybridized carbons (Fsp3) is 0.190. The van der Waals surface area contributed by atoms with Gasteiger partial charge < -0.3 is 19.7 Å². The number of amides is 1. The van der Waals surface area contributed by atoms with Gasteiger partial charge in [0, 0.05) is 31.0 Å². The highest BCUT2D eigenvalue weighted by Gasteiger charge is 2.25. The number of hydrogen-bond acceptors (Lipinski definition) is 7. The lowest BCUT2D eigenvalue weighted by Gasteiger charge is -2.28. The second-order valence-corrected chi connectivity index (χ2v) is 6.43. The van der Waals surface area contributed by atoms with Crippen LogP contribution in [0, 0.1) is 6.57 Å². The van der Waals surface area contributed by atoms with E-state index in [4.69, 9.17) is 16.0 Å². The van der Waals surface area contributed by atoms with Crippen LogP contribution in [0.3, 0.4) is 0 Å². The van der Waals surface area contributed by atoms with Gasteiger partial charge in [0.1, 0.15) is 17.2 Å². The molecular weight excluding hydrogens is 384 g/mol. The van der Waals surface area contributed by atoms with E-state index in [-0.39, 0.29) is 18.3 Å². The zero-order chi connectivity index (χ0) is 20.9.